The first-order chi connectivity index (χ1) is 9.51. The van der Waals surface area contributed by atoms with Crippen molar-refractivity contribution in [3.05, 3.63) is 28.8 Å². The SMILES string of the molecule is COc1ccc(CC(=O)N2CCC(N)CC2C)c(Cl)c1. The maximum absolute atomic E-state index is 12.4. The van der Waals surface area contributed by atoms with Crippen LogP contribution in [0.5, 0.6) is 5.75 Å². The third-order valence-corrected chi connectivity index (χ3v) is 4.19. The summed E-state index contributed by atoms with van der Waals surface area (Å²) < 4.78 is 5.11. The number of hydrogen-bond donors (Lipinski definition) is 1. The van der Waals surface area contributed by atoms with E-state index >= 15 is 0 Å². The van der Waals surface area contributed by atoms with Crippen LogP contribution in [0.25, 0.3) is 0 Å². The lowest BCUT2D eigenvalue weighted by molar-refractivity contribution is -0.133. The fourth-order valence-electron chi connectivity index (χ4n) is 2.64. The summed E-state index contributed by atoms with van der Waals surface area (Å²) in [6, 6.07) is 5.81. The molecule has 0 aliphatic carbocycles. The van der Waals surface area contributed by atoms with Crippen molar-refractivity contribution in [1.82, 2.24) is 4.90 Å². The van der Waals surface area contributed by atoms with Crippen molar-refractivity contribution in [3.63, 3.8) is 0 Å². The van der Waals surface area contributed by atoms with Crippen LogP contribution in [-0.4, -0.2) is 36.5 Å². The van der Waals surface area contributed by atoms with E-state index in [0.29, 0.717) is 17.2 Å². The Balaban J connectivity index is 2.04. The molecule has 1 fully saturated rings. The number of ether oxygens (including phenoxy) is 1. The van der Waals surface area contributed by atoms with Gasteiger partial charge in [-0.2, -0.15) is 0 Å². The molecule has 1 heterocycles. The fourth-order valence-corrected chi connectivity index (χ4v) is 2.88. The number of rotatable bonds is 3. The Kier molecular flexibility index (Phi) is 4.89. The number of methoxy groups -OCH3 is 1. The van der Waals surface area contributed by atoms with Crippen molar-refractivity contribution in [2.45, 2.75) is 38.3 Å². The molecular weight excluding hydrogens is 276 g/mol. The first-order valence-electron chi connectivity index (χ1n) is 6.88. The predicted molar refractivity (Wildman–Crippen MR) is 80.1 cm³/mol. The average molecular weight is 297 g/mol. The first-order valence-corrected chi connectivity index (χ1v) is 7.26. The van der Waals surface area contributed by atoms with Crippen molar-refractivity contribution >= 4 is 17.5 Å². The summed E-state index contributed by atoms with van der Waals surface area (Å²) in [6.07, 6.45) is 2.05. The minimum Gasteiger partial charge on any atom is -0.497 e. The molecule has 2 unspecified atom stereocenters. The van der Waals surface area contributed by atoms with Gasteiger partial charge < -0.3 is 15.4 Å². The summed E-state index contributed by atoms with van der Waals surface area (Å²) in [5, 5.41) is 0.569. The second-order valence-electron chi connectivity index (χ2n) is 5.35. The number of hydrogen-bond acceptors (Lipinski definition) is 3. The summed E-state index contributed by atoms with van der Waals surface area (Å²) in [4.78, 5) is 14.3. The van der Waals surface area contributed by atoms with E-state index in [1.54, 1.807) is 13.2 Å². The molecule has 2 N–H and O–H groups in total. The number of likely N-dealkylation sites (tertiary alicyclic amines) is 1. The van der Waals surface area contributed by atoms with Gasteiger partial charge in [0.25, 0.3) is 0 Å². The highest BCUT2D eigenvalue weighted by atomic mass is 35.5. The third-order valence-electron chi connectivity index (χ3n) is 3.84. The van der Waals surface area contributed by atoms with Gasteiger partial charge in [0, 0.05) is 23.7 Å². The Morgan fingerprint density at radius 2 is 2.30 bits per heavy atom. The van der Waals surface area contributed by atoms with Gasteiger partial charge in [0.05, 0.1) is 13.5 Å². The second-order valence-corrected chi connectivity index (χ2v) is 5.76. The van der Waals surface area contributed by atoms with Crippen molar-refractivity contribution in [1.29, 1.82) is 0 Å². The van der Waals surface area contributed by atoms with E-state index in [9.17, 15) is 4.79 Å². The van der Waals surface area contributed by atoms with E-state index in [4.69, 9.17) is 22.1 Å². The largest absolute Gasteiger partial charge is 0.497 e. The van der Waals surface area contributed by atoms with Crippen LogP contribution in [0, 0.1) is 0 Å². The second kappa shape index (κ2) is 6.46. The van der Waals surface area contributed by atoms with E-state index in [0.717, 1.165) is 24.9 Å². The molecule has 0 bridgehead atoms. The van der Waals surface area contributed by atoms with E-state index < -0.39 is 0 Å². The molecule has 0 radical (unpaired) electrons. The molecule has 2 rings (SSSR count). The van der Waals surface area contributed by atoms with Gasteiger partial charge in [-0.25, -0.2) is 0 Å². The first kappa shape index (κ1) is 15.1. The highest BCUT2D eigenvalue weighted by Crippen LogP contribution is 2.24. The Morgan fingerprint density at radius 3 is 2.90 bits per heavy atom. The molecule has 0 aromatic heterocycles. The molecule has 4 nitrogen and oxygen atoms in total. The Labute approximate surface area is 124 Å². The molecule has 20 heavy (non-hydrogen) atoms. The summed E-state index contributed by atoms with van der Waals surface area (Å²) in [6.45, 7) is 2.78. The van der Waals surface area contributed by atoms with Gasteiger partial charge in [-0.15, -0.1) is 0 Å². The standard InChI is InChI=1S/C15H21ClN2O2/c1-10-7-12(17)5-6-18(10)15(19)8-11-3-4-13(20-2)9-14(11)16/h3-4,9-10,12H,5-8,17H2,1-2H3. The average Bonchev–Trinajstić information content (AvgIpc) is 2.40. The van der Waals surface area contributed by atoms with Gasteiger partial charge in [-0.05, 0) is 37.5 Å². The lowest BCUT2D eigenvalue weighted by Crippen LogP contribution is -2.48. The summed E-state index contributed by atoms with van der Waals surface area (Å²) in [5.74, 6) is 0.806. The Hall–Kier alpha value is -1.26. The maximum Gasteiger partial charge on any atom is 0.227 e. The van der Waals surface area contributed by atoms with Gasteiger partial charge in [0.15, 0.2) is 0 Å². The molecule has 1 aromatic rings. The number of benzene rings is 1. The molecule has 2 atom stereocenters. The van der Waals surface area contributed by atoms with Crippen molar-refractivity contribution in [3.8, 4) is 5.75 Å². The Bertz CT molecular complexity index is 493. The zero-order valence-corrected chi connectivity index (χ0v) is 12.7. The van der Waals surface area contributed by atoms with Crippen LogP contribution in [0.2, 0.25) is 5.02 Å². The van der Waals surface area contributed by atoms with Gasteiger partial charge in [0.1, 0.15) is 5.75 Å². The molecule has 1 aromatic carbocycles. The quantitative estimate of drug-likeness (QED) is 0.930. The zero-order valence-electron chi connectivity index (χ0n) is 11.9. The molecule has 1 saturated heterocycles. The van der Waals surface area contributed by atoms with E-state index in [1.807, 2.05) is 24.0 Å². The third kappa shape index (κ3) is 3.44. The lowest BCUT2D eigenvalue weighted by Gasteiger charge is -2.36. The summed E-state index contributed by atoms with van der Waals surface area (Å²) >= 11 is 6.18. The summed E-state index contributed by atoms with van der Waals surface area (Å²) in [5.41, 5.74) is 6.76. The van der Waals surface area contributed by atoms with Crippen molar-refractivity contribution in [2.24, 2.45) is 5.73 Å². The van der Waals surface area contributed by atoms with Gasteiger partial charge in [0.2, 0.25) is 5.91 Å². The van der Waals surface area contributed by atoms with E-state index in [1.165, 1.54) is 0 Å². The van der Waals surface area contributed by atoms with Crippen LogP contribution in [0.1, 0.15) is 25.3 Å². The smallest absolute Gasteiger partial charge is 0.227 e. The number of halogens is 1. The summed E-state index contributed by atoms with van der Waals surface area (Å²) in [7, 11) is 1.59. The zero-order chi connectivity index (χ0) is 14.7. The normalized spacial score (nSPS) is 22.7. The van der Waals surface area contributed by atoms with E-state index in [-0.39, 0.29) is 18.0 Å². The van der Waals surface area contributed by atoms with Crippen LogP contribution in [0.4, 0.5) is 0 Å². The number of nitrogens with zero attached hydrogens (tertiary/aromatic N) is 1. The maximum atomic E-state index is 12.4. The van der Waals surface area contributed by atoms with Gasteiger partial charge in [-0.3, -0.25) is 4.79 Å². The highest BCUT2D eigenvalue weighted by Gasteiger charge is 2.27. The molecular formula is C15H21ClN2O2. The Morgan fingerprint density at radius 1 is 1.55 bits per heavy atom. The predicted octanol–water partition coefficient (Wildman–Crippen LogP) is 2.23. The molecule has 1 aliphatic heterocycles. The minimum absolute atomic E-state index is 0.108. The highest BCUT2D eigenvalue weighted by molar-refractivity contribution is 6.31. The molecule has 5 heteroatoms. The van der Waals surface area contributed by atoms with Crippen molar-refractivity contribution < 1.29 is 9.53 Å². The van der Waals surface area contributed by atoms with Crippen molar-refractivity contribution in [2.75, 3.05) is 13.7 Å². The molecule has 0 saturated carbocycles. The van der Waals surface area contributed by atoms with Gasteiger partial charge >= 0.3 is 0 Å². The topological polar surface area (TPSA) is 55.6 Å². The molecule has 1 aliphatic rings. The van der Waals surface area contributed by atoms with E-state index in [2.05, 4.69) is 0 Å². The number of piperidine rings is 1. The van der Waals surface area contributed by atoms with Gasteiger partial charge in [-0.1, -0.05) is 17.7 Å². The fraction of sp³-hybridized carbons (Fsp3) is 0.533. The molecule has 1 amide bonds. The molecule has 0 spiro atoms. The van der Waals surface area contributed by atoms with Crippen LogP contribution in [0.15, 0.2) is 18.2 Å². The van der Waals surface area contributed by atoms with Crippen LogP contribution in [0.3, 0.4) is 0 Å². The minimum atomic E-state index is 0.108. The number of carbonyl (C=O) groups excluding carboxylic acids is 1. The molecule has 110 valence electrons. The number of carbonyl (C=O) groups is 1. The number of nitrogens with two attached hydrogens (primary N) is 1. The van der Waals surface area contributed by atoms with Crippen LogP contribution in [-0.2, 0) is 11.2 Å². The monoisotopic (exact) mass is 296 g/mol. The number of amides is 1. The van der Waals surface area contributed by atoms with Crippen LogP contribution < -0.4 is 10.5 Å². The van der Waals surface area contributed by atoms with Crippen LogP contribution >= 0.6 is 11.6 Å². The lowest BCUT2D eigenvalue weighted by atomic mass is 9.98.